The molecule has 0 spiro atoms. The van der Waals surface area contributed by atoms with Crippen LogP contribution in [0.4, 0.5) is 0 Å². The number of rotatable bonds is 6. The molecule has 0 saturated carbocycles. The molecule has 2 aromatic rings. The molecule has 3 heterocycles. The summed E-state index contributed by atoms with van der Waals surface area (Å²) in [5.41, 5.74) is 6.24. The molecule has 5 rings (SSSR count). The maximum Gasteiger partial charge on any atom is 0.397 e. The van der Waals surface area contributed by atoms with Crippen LogP contribution < -0.4 is 19.5 Å². The zero-order chi connectivity index (χ0) is 29.0. The highest BCUT2D eigenvalue weighted by molar-refractivity contribution is 7.80. The molecule has 11 heteroatoms. The van der Waals surface area contributed by atoms with E-state index in [1.807, 2.05) is 12.1 Å². The lowest BCUT2D eigenvalue weighted by Gasteiger charge is -2.47. The molecule has 3 atom stereocenters. The number of phenolic OH excluding ortho intramolecular Hbond substituents is 1. The molecule has 0 radical (unpaired) electrons. The number of methoxy groups -OCH3 is 3. The van der Waals surface area contributed by atoms with Crippen LogP contribution in [0, 0.1) is 11.8 Å². The van der Waals surface area contributed by atoms with Crippen molar-refractivity contribution >= 4 is 16.1 Å². The average molecular weight is 577 g/mol. The summed E-state index contributed by atoms with van der Waals surface area (Å²) in [7, 11) is 1.73. The van der Waals surface area contributed by atoms with Gasteiger partial charge < -0.3 is 24.6 Å². The van der Waals surface area contributed by atoms with Crippen LogP contribution in [-0.4, -0.2) is 71.1 Å². The highest BCUT2D eigenvalue weighted by Gasteiger charge is 2.38. The average Bonchev–Trinajstić information content (AvgIpc) is 2.95. The third kappa shape index (κ3) is 6.49. The lowest BCUT2D eigenvalue weighted by Crippen LogP contribution is -2.45. The molecular formula is C29H40N2O8S. The zero-order valence-electron chi connectivity index (χ0n) is 23.8. The summed E-state index contributed by atoms with van der Waals surface area (Å²) in [4.78, 5) is 2.67. The monoisotopic (exact) mass is 576 g/mol. The molecule has 0 bridgehead atoms. The highest BCUT2D eigenvalue weighted by atomic mass is 32.3. The van der Waals surface area contributed by atoms with Crippen LogP contribution in [0.2, 0.25) is 0 Å². The highest BCUT2D eigenvalue weighted by Crippen LogP contribution is 2.46. The number of hydrogen-bond acceptors (Lipinski definition) is 9. The number of aromatic hydroxyl groups is 1. The quantitative estimate of drug-likeness (QED) is 0.435. The lowest BCUT2D eigenvalue weighted by molar-refractivity contribution is 0.0693. The molecule has 40 heavy (non-hydrogen) atoms. The van der Waals surface area contributed by atoms with Crippen LogP contribution in [0.5, 0.6) is 23.0 Å². The van der Waals surface area contributed by atoms with E-state index >= 15 is 0 Å². The van der Waals surface area contributed by atoms with Gasteiger partial charge in [0.2, 0.25) is 0 Å². The first kappa shape index (κ1) is 30.0. The van der Waals surface area contributed by atoms with Crippen molar-refractivity contribution in [1.29, 1.82) is 0 Å². The summed E-state index contributed by atoms with van der Waals surface area (Å²) in [5, 5.41) is 13.9. The van der Waals surface area contributed by atoms with E-state index in [2.05, 4.69) is 39.5 Å². The van der Waals surface area contributed by atoms with Crippen LogP contribution >= 0.6 is 0 Å². The summed E-state index contributed by atoms with van der Waals surface area (Å²) in [5.74, 6) is 3.43. The maximum atomic E-state index is 10.3. The number of benzene rings is 2. The molecular weight excluding hydrogens is 536 g/mol. The molecule has 0 aromatic heterocycles. The first-order chi connectivity index (χ1) is 19.1. The first-order valence-electron chi connectivity index (χ1n) is 13.5. The fourth-order valence-electron chi connectivity index (χ4n) is 6.12. The number of piperidine rings is 1. The molecule has 3 unspecified atom stereocenters. The Morgan fingerprint density at radius 2 is 1.68 bits per heavy atom. The molecule has 0 amide bonds. The van der Waals surface area contributed by atoms with E-state index in [1.165, 1.54) is 22.4 Å². The van der Waals surface area contributed by atoms with Crippen molar-refractivity contribution in [2.45, 2.75) is 38.6 Å². The summed E-state index contributed by atoms with van der Waals surface area (Å²) >= 11 is 0. The third-order valence-electron chi connectivity index (χ3n) is 8.20. The SMILES string of the molecule is CCC1CN2CCc3cc(OC)c(OC)cc3C2CC1C=C1NCCc2cc(O)c(OC)cc21.COS(=O)(=O)O. The topological polar surface area (TPSA) is 127 Å². The number of hydrogen-bond donors (Lipinski definition) is 3. The summed E-state index contributed by atoms with van der Waals surface area (Å²) < 4.78 is 46.3. The van der Waals surface area contributed by atoms with Gasteiger partial charge in [-0.05, 0) is 72.1 Å². The van der Waals surface area contributed by atoms with Crippen molar-refractivity contribution in [3.05, 3.63) is 52.6 Å². The van der Waals surface area contributed by atoms with Crippen molar-refractivity contribution in [1.82, 2.24) is 10.2 Å². The molecule has 3 aliphatic rings. The number of nitrogens with zero attached hydrogens (tertiary/aromatic N) is 1. The Morgan fingerprint density at radius 3 is 2.30 bits per heavy atom. The second-order valence-electron chi connectivity index (χ2n) is 10.3. The van der Waals surface area contributed by atoms with Crippen LogP contribution in [0.25, 0.3) is 5.70 Å². The maximum absolute atomic E-state index is 10.3. The van der Waals surface area contributed by atoms with Crippen molar-refractivity contribution in [2.75, 3.05) is 48.1 Å². The van der Waals surface area contributed by atoms with E-state index in [9.17, 15) is 13.5 Å². The molecule has 10 nitrogen and oxygen atoms in total. The van der Waals surface area contributed by atoms with E-state index in [0.29, 0.717) is 23.6 Å². The van der Waals surface area contributed by atoms with Gasteiger partial charge in [0.15, 0.2) is 23.0 Å². The van der Waals surface area contributed by atoms with Gasteiger partial charge in [0, 0.05) is 36.9 Å². The second-order valence-corrected chi connectivity index (χ2v) is 11.5. The van der Waals surface area contributed by atoms with E-state index < -0.39 is 10.4 Å². The Labute approximate surface area is 236 Å². The minimum atomic E-state index is -4.16. The van der Waals surface area contributed by atoms with Gasteiger partial charge in [-0.2, -0.15) is 8.42 Å². The summed E-state index contributed by atoms with van der Waals surface area (Å²) in [6.45, 7) is 5.38. The number of allylic oxidation sites excluding steroid dienone is 1. The Kier molecular flexibility index (Phi) is 9.50. The standard InChI is InChI=1S/C28H36N2O4.CH4O4S/c1-5-17-16-30-9-7-19-13-27(33-3)28(34-4)15-22(19)24(30)11-20(17)10-23-21-14-26(32-2)25(31)12-18(21)6-8-29-23;1-5-6(2,3)4/h10,12-15,17,20,24,29,31H,5-9,11,16H2,1-4H3;1H3,(H,2,3,4). The van der Waals surface area contributed by atoms with Gasteiger partial charge in [-0.25, -0.2) is 0 Å². The van der Waals surface area contributed by atoms with E-state index in [-0.39, 0.29) is 5.75 Å². The first-order valence-corrected chi connectivity index (χ1v) is 14.9. The molecule has 2 aromatic carbocycles. The zero-order valence-corrected chi connectivity index (χ0v) is 24.6. The summed E-state index contributed by atoms with van der Waals surface area (Å²) in [6, 6.07) is 8.59. The molecule has 1 saturated heterocycles. The number of nitrogens with one attached hydrogen (secondary N) is 1. The Morgan fingerprint density at radius 1 is 1.00 bits per heavy atom. The third-order valence-corrected chi connectivity index (χ3v) is 8.63. The Hall–Kier alpha value is -2.99. The second kappa shape index (κ2) is 12.7. The molecule has 1 fully saturated rings. The Balaban J connectivity index is 0.000000557. The van der Waals surface area contributed by atoms with Crippen molar-refractivity contribution < 1.29 is 36.5 Å². The van der Waals surface area contributed by atoms with Crippen LogP contribution in [0.3, 0.4) is 0 Å². The minimum Gasteiger partial charge on any atom is -0.504 e. The summed E-state index contributed by atoms with van der Waals surface area (Å²) in [6.07, 6.45) is 6.64. The molecule has 3 N–H and O–H groups in total. The van der Waals surface area contributed by atoms with Gasteiger partial charge in [0.1, 0.15) is 0 Å². The fraction of sp³-hybridized carbons (Fsp3) is 0.517. The predicted molar refractivity (Wildman–Crippen MR) is 152 cm³/mol. The van der Waals surface area contributed by atoms with E-state index in [4.69, 9.17) is 18.8 Å². The molecule has 0 aliphatic carbocycles. The van der Waals surface area contributed by atoms with Crippen molar-refractivity contribution in [2.24, 2.45) is 11.8 Å². The van der Waals surface area contributed by atoms with E-state index in [0.717, 1.165) is 69.5 Å². The number of fused-ring (bicyclic) bond motifs is 4. The molecule has 220 valence electrons. The Bertz CT molecular complexity index is 1340. The van der Waals surface area contributed by atoms with Gasteiger partial charge >= 0.3 is 10.4 Å². The fourth-order valence-corrected chi connectivity index (χ4v) is 6.12. The van der Waals surface area contributed by atoms with Gasteiger partial charge in [-0.15, -0.1) is 0 Å². The van der Waals surface area contributed by atoms with Crippen molar-refractivity contribution in [3.8, 4) is 23.0 Å². The van der Waals surface area contributed by atoms with Crippen molar-refractivity contribution in [3.63, 3.8) is 0 Å². The smallest absolute Gasteiger partial charge is 0.397 e. The van der Waals surface area contributed by atoms with Gasteiger partial charge in [-0.1, -0.05) is 19.4 Å². The lowest BCUT2D eigenvalue weighted by atomic mass is 9.75. The van der Waals surface area contributed by atoms with E-state index in [1.54, 1.807) is 21.3 Å². The predicted octanol–water partition coefficient (Wildman–Crippen LogP) is 3.99. The number of ether oxygens (including phenoxy) is 3. The normalized spacial score (nSPS) is 23.1. The minimum absolute atomic E-state index is 0.213. The molecule has 3 aliphatic heterocycles. The largest absolute Gasteiger partial charge is 0.504 e. The van der Waals surface area contributed by atoms with Crippen LogP contribution in [-0.2, 0) is 27.4 Å². The van der Waals surface area contributed by atoms with Gasteiger partial charge in [-0.3, -0.25) is 13.6 Å². The number of phenols is 1. The van der Waals surface area contributed by atoms with Gasteiger partial charge in [0.05, 0.1) is 28.4 Å². The van der Waals surface area contributed by atoms with Crippen LogP contribution in [0.15, 0.2) is 30.3 Å². The van der Waals surface area contributed by atoms with Gasteiger partial charge in [0.25, 0.3) is 0 Å². The van der Waals surface area contributed by atoms with Crippen LogP contribution in [0.1, 0.15) is 48.1 Å².